The van der Waals surface area contributed by atoms with Crippen LogP contribution in [0.2, 0.25) is 0 Å². The summed E-state index contributed by atoms with van der Waals surface area (Å²) < 4.78 is 33.5. The van der Waals surface area contributed by atoms with Crippen LogP contribution in [-0.4, -0.2) is 28.4 Å². The Labute approximate surface area is 153 Å². The second-order valence-corrected chi connectivity index (χ2v) is 6.34. The fourth-order valence-electron chi connectivity index (χ4n) is 2.59. The molecule has 0 aliphatic carbocycles. The number of aliphatic hydroxyl groups is 1. The van der Waals surface area contributed by atoms with Crippen LogP contribution in [0.3, 0.4) is 0 Å². The quantitative estimate of drug-likeness (QED) is 0.638. The van der Waals surface area contributed by atoms with Gasteiger partial charge in [-0.05, 0) is 24.5 Å². The number of hydrogen-bond acceptors (Lipinski definition) is 6. The Balaban J connectivity index is 1.98. The first-order valence-electron chi connectivity index (χ1n) is 7.76. The van der Waals surface area contributed by atoms with Crippen molar-refractivity contribution >= 4 is 28.5 Å². The Morgan fingerprint density at radius 3 is 2.58 bits per heavy atom. The number of halogens is 2. The molecule has 0 bridgehead atoms. The number of benzene rings is 1. The van der Waals surface area contributed by atoms with Gasteiger partial charge in [-0.1, -0.05) is 0 Å². The zero-order chi connectivity index (χ0) is 18.7. The van der Waals surface area contributed by atoms with Gasteiger partial charge >= 0.3 is 0 Å². The van der Waals surface area contributed by atoms with Gasteiger partial charge in [-0.25, -0.2) is 13.8 Å². The number of thioether (sulfide) groups is 1. The molecule has 3 aromatic rings. The number of nitrogens with one attached hydrogen (secondary N) is 1. The van der Waals surface area contributed by atoms with Crippen molar-refractivity contribution < 1.29 is 18.6 Å². The number of ether oxygens (including phenoxy) is 1. The van der Waals surface area contributed by atoms with Gasteiger partial charge in [0.1, 0.15) is 11.6 Å². The Morgan fingerprint density at radius 1 is 1.23 bits per heavy atom. The maximum Gasteiger partial charge on any atom is 0.215 e. The molecule has 8 heteroatoms. The summed E-state index contributed by atoms with van der Waals surface area (Å²) in [6.07, 6.45) is 3.23. The van der Waals surface area contributed by atoms with E-state index in [1.807, 2.05) is 0 Å². The van der Waals surface area contributed by atoms with E-state index >= 15 is 0 Å². The first-order chi connectivity index (χ1) is 12.6. The molecule has 0 aliphatic rings. The number of fused-ring (bicyclic) bond motifs is 1. The second-order valence-electron chi connectivity index (χ2n) is 5.46. The Hall–Kier alpha value is -2.45. The maximum atomic E-state index is 14.2. The standard InChI is InChI=1S/C18H17F2N3O2S/c1-25-16-4-3-12-17(10(9-24)7-22-18(12)23-16)21-8-13-14(19)5-11(26-2)6-15(13)20/h3-7,24H,8-9H2,1-2H3,(H,21,22,23). The molecule has 0 amide bonds. The van der Waals surface area contributed by atoms with Gasteiger partial charge < -0.3 is 15.2 Å². The number of anilines is 1. The Kier molecular flexibility index (Phi) is 5.53. The number of methoxy groups -OCH3 is 1. The molecule has 5 nitrogen and oxygen atoms in total. The highest BCUT2D eigenvalue weighted by molar-refractivity contribution is 7.98. The van der Waals surface area contributed by atoms with E-state index in [1.165, 1.54) is 37.2 Å². The van der Waals surface area contributed by atoms with E-state index in [-0.39, 0.29) is 18.7 Å². The number of aromatic nitrogens is 2. The lowest BCUT2D eigenvalue weighted by Crippen LogP contribution is -2.08. The zero-order valence-corrected chi connectivity index (χ0v) is 15.0. The molecule has 0 aliphatic heterocycles. The van der Waals surface area contributed by atoms with E-state index in [0.29, 0.717) is 33.1 Å². The Bertz CT molecular complexity index is 930. The molecule has 2 heterocycles. The van der Waals surface area contributed by atoms with E-state index in [9.17, 15) is 13.9 Å². The second kappa shape index (κ2) is 7.84. The topological polar surface area (TPSA) is 67.3 Å². The summed E-state index contributed by atoms with van der Waals surface area (Å²) in [5.41, 5.74) is 1.37. The van der Waals surface area contributed by atoms with Gasteiger partial charge in [-0.3, -0.25) is 0 Å². The SMILES string of the molecule is COc1ccc2c(NCc3c(F)cc(SC)cc3F)c(CO)cnc2n1. The fourth-order valence-corrected chi connectivity index (χ4v) is 3.03. The van der Waals surface area contributed by atoms with E-state index < -0.39 is 11.6 Å². The first-order valence-corrected chi connectivity index (χ1v) is 8.99. The van der Waals surface area contributed by atoms with Crippen LogP contribution in [-0.2, 0) is 13.2 Å². The van der Waals surface area contributed by atoms with Gasteiger partial charge in [-0.2, -0.15) is 4.98 Å². The third-order valence-electron chi connectivity index (χ3n) is 3.95. The number of aliphatic hydroxyl groups excluding tert-OH is 1. The fraction of sp³-hybridized carbons (Fsp3) is 0.222. The molecule has 136 valence electrons. The molecule has 1 aromatic carbocycles. The first kappa shape index (κ1) is 18.3. The van der Waals surface area contributed by atoms with Crippen molar-refractivity contribution in [1.82, 2.24) is 9.97 Å². The van der Waals surface area contributed by atoms with Crippen LogP contribution >= 0.6 is 11.8 Å². The summed E-state index contributed by atoms with van der Waals surface area (Å²) >= 11 is 1.27. The monoisotopic (exact) mass is 377 g/mol. The van der Waals surface area contributed by atoms with E-state index in [2.05, 4.69) is 15.3 Å². The molecule has 0 atom stereocenters. The maximum absolute atomic E-state index is 14.2. The normalized spacial score (nSPS) is 11.0. The number of hydrogen-bond donors (Lipinski definition) is 2. The zero-order valence-electron chi connectivity index (χ0n) is 14.2. The number of nitrogens with zero attached hydrogens (tertiary/aromatic N) is 2. The Morgan fingerprint density at radius 2 is 1.96 bits per heavy atom. The summed E-state index contributed by atoms with van der Waals surface area (Å²) in [5, 5.41) is 13.2. The average Bonchev–Trinajstić information content (AvgIpc) is 2.66. The highest BCUT2D eigenvalue weighted by Crippen LogP contribution is 2.28. The highest BCUT2D eigenvalue weighted by atomic mass is 32.2. The van der Waals surface area contributed by atoms with Crippen molar-refractivity contribution in [3.63, 3.8) is 0 Å². The van der Waals surface area contributed by atoms with Crippen LogP contribution in [0.25, 0.3) is 11.0 Å². The predicted molar refractivity (Wildman–Crippen MR) is 97.5 cm³/mol. The van der Waals surface area contributed by atoms with Gasteiger partial charge in [0.15, 0.2) is 5.65 Å². The summed E-state index contributed by atoms with van der Waals surface area (Å²) in [6.45, 7) is -0.349. The molecular weight excluding hydrogens is 360 g/mol. The van der Waals surface area contributed by atoms with Gasteiger partial charge in [0.05, 0.1) is 19.4 Å². The lowest BCUT2D eigenvalue weighted by atomic mass is 10.1. The lowest BCUT2D eigenvalue weighted by molar-refractivity contribution is 0.282. The molecule has 0 radical (unpaired) electrons. The summed E-state index contributed by atoms with van der Waals surface area (Å²) in [6, 6.07) is 5.99. The average molecular weight is 377 g/mol. The largest absolute Gasteiger partial charge is 0.481 e. The number of rotatable bonds is 6. The van der Waals surface area contributed by atoms with Crippen LogP contribution in [0.5, 0.6) is 5.88 Å². The third-order valence-corrected chi connectivity index (χ3v) is 4.66. The minimum atomic E-state index is -0.620. The van der Waals surface area contributed by atoms with Crippen LogP contribution < -0.4 is 10.1 Å². The molecule has 0 fully saturated rings. The van der Waals surface area contributed by atoms with Crippen LogP contribution in [0, 0.1) is 11.6 Å². The van der Waals surface area contributed by atoms with Crippen molar-refractivity contribution in [3.05, 3.63) is 53.2 Å². The minimum absolute atomic E-state index is 0.0712. The van der Waals surface area contributed by atoms with Crippen LogP contribution in [0.1, 0.15) is 11.1 Å². The smallest absolute Gasteiger partial charge is 0.215 e. The molecule has 0 saturated carbocycles. The van der Waals surface area contributed by atoms with Crippen LogP contribution in [0.15, 0.2) is 35.4 Å². The molecule has 3 rings (SSSR count). The van der Waals surface area contributed by atoms with E-state index in [0.717, 1.165) is 0 Å². The molecular formula is C18H17F2N3O2S. The summed E-state index contributed by atoms with van der Waals surface area (Å²) in [7, 11) is 1.50. The molecule has 0 saturated heterocycles. The molecule has 2 aromatic heterocycles. The van der Waals surface area contributed by atoms with Crippen molar-refractivity contribution in [2.24, 2.45) is 0 Å². The highest BCUT2D eigenvalue weighted by Gasteiger charge is 2.14. The van der Waals surface area contributed by atoms with Gasteiger partial charge in [0.25, 0.3) is 0 Å². The van der Waals surface area contributed by atoms with E-state index in [4.69, 9.17) is 4.74 Å². The minimum Gasteiger partial charge on any atom is -0.481 e. The lowest BCUT2D eigenvalue weighted by Gasteiger charge is -2.15. The predicted octanol–water partition coefficient (Wildman–Crippen LogP) is 3.74. The van der Waals surface area contributed by atoms with Gasteiger partial charge in [0.2, 0.25) is 5.88 Å². The van der Waals surface area contributed by atoms with Gasteiger partial charge in [0, 0.05) is 40.2 Å². The van der Waals surface area contributed by atoms with Crippen molar-refractivity contribution in [2.75, 3.05) is 18.7 Å². The third kappa shape index (κ3) is 3.56. The van der Waals surface area contributed by atoms with E-state index in [1.54, 1.807) is 18.4 Å². The molecule has 2 N–H and O–H groups in total. The van der Waals surface area contributed by atoms with Crippen molar-refractivity contribution in [2.45, 2.75) is 18.0 Å². The molecule has 0 unspecified atom stereocenters. The van der Waals surface area contributed by atoms with Crippen molar-refractivity contribution in [3.8, 4) is 5.88 Å². The molecule has 0 spiro atoms. The van der Waals surface area contributed by atoms with Crippen molar-refractivity contribution in [1.29, 1.82) is 0 Å². The summed E-state index contributed by atoms with van der Waals surface area (Å²) in [4.78, 5) is 8.95. The van der Waals surface area contributed by atoms with Crippen LogP contribution in [0.4, 0.5) is 14.5 Å². The number of pyridine rings is 2. The summed E-state index contributed by atoms with van der Waals surface area (Å²) in [5.74, 6) is -0.839. The van der Waals surface area contributed by atoms with Gasteiger partial charge in [-0.15, -0.1) is 11.8 Å². The molecule has 26 heavy (non-hydrogen) atoms.